The molecule has 0 bridgehead atoms. The van der Waals surface area contributed by atoms with Gasteiger partial charge >= 0.3 is 0 Å². The van der Waals surface area contributed by atoms with E-state index in [1.807, 2.05) is 6.07 Å². The molecule has 0 amide bonds. The van der Waals surface area contributed by atoms with Gasteiger partial charge in [-0.15, -0.1) is 0 Å². The van der Waals surface area contributed by atoms with Crippen LogP contribution in [0.4, 0.5) is 0 Å². The molecule has 15 heavy (non-hydrogen) atoms. The minimum absolute atomic E-state index is 0.120. The van der Waals surface area contributed by atoms with Crippen LogP contribution in [0, 0.1) is 0 Å². The number of nitrogens with zero attached hydrogens (tertiary/aromatic N) is 1. The van der Waals surface area contributed by atoms with E-state index >= 15 is 0 Å². The highest BCUT2D eigenvalue weighted by Gasteiger charge is 2.20. The number of ether oxygens (including phenoxy) is 1. The fraction of sp³-hybridized carbons (Fsp3) is 0.364. The maximum Gasteiger partial charge on any atom is 0.114 e. The van der Waals surface area contributed by atoms with Gasteiger partial charge in [0.25, 0.3) is 0 Å². The predicted octanol–water partition coefficient (Wildman–Crippen LogP) is 1.96. The Kier molecular flexibility index (Phi) is 2.40. The second-order valence-electron chi connectivity index (χ2n) is 3.63. The highest BCUT2D eigenvalue weighted by atomic mass is 32.1. The molecule has 2 heterocycles. The van der Waals surface area contributed by atoms with Crippen LogP contribution in [0.15, 0.2) is 24.3 Å². The minimum atomic E-state index is 0.120. The van der Waals surface area contributed by atoms with Crippen LogP contribution < -0.4 is 5.32 Å². The first-order valence-corrected chi connectivity index (χ1v) is 5.89. The van der Waals surface area contributed by atoms with E-state index in [-0.39, 0.29) is 6.10 Å². The van der Waals surface area contributed by atoms with Gasteiger partial charge in [-0.25, -0.2) is 0 Å². The van der Waals surface area contributed by atoms with Crippen molar-refractivity contribution in [3.05, 3.63) is 30.0 Å². The van der Waals surface area contributed by atoms with Crippen molar-refractivity contribution in [3.63, 3.8) is 0 Å². The molecule has 0 spiro atoms. The molecule has 1 aromatic carbocycles. The zero-order chi connectivity index (χ0) is 10.1. The molecule has 0 radical (unpaired) electrons. The molecule has 1 saturated heterocycles. The van der Waals surface area contributed by atoms with Gasteiger partial charge in [0, 0.05) is 18.5 Å². The van der Waals surface area contributed by atoms with Crippen LogP contribution in [0.2, 0.25) is 0 Å². The van der Waals surface area contributed by atoms with Crippen molar-refractivity contribution in [3.8, 4) is 0 Å². The van der Waals surface area contributed by atoms with Crippen LogP contribution in [0.1, 0.15) is 11.8 Å². The Balaban J connectivity index is 2.02. The molecule has 78 valence electrons. The number of aromatic nitrogens is 1. The van der Waals surface area contributed by atoms with E-state index in [9.17, 15) is 0 Å². The number of benzene rings is 1. The number of morpholine rings is 1. The summed E-state index contributed by atoms with van der Waals surface area (Å²) in [5.74, 6) is 0. The number of hydrogen-bond donors (Lipinski definition) is 1. The van der Waals surface area contributed by atoms with E-state index in [0.29, 0.717) is 0 Å². The summed E-state index contributed by atoms with van der Waals surface area (Å²) in [5.41, 5.74) is 1.09. The van der Waals surface area contributed by atoms with Crippen molar-refractivity contribution in [2.75, 3.05) is 19.7 Å². The van der Waals surface area contributed by atoms with E-state index in [2.05, 4.69) is 27.9 Å². The summed E-state index contributed by atoms with van der Waals surface area (Å²) < 4.78 is 11.4. The van der Waals surface area contributed by atoms with Crippen LogP contribution in [-0.4, -0.2) is 24.1 Å². The highest BCUT2D eigenvalue weighted by Crippen LogP contribution is 2.29. The summed E-state index contributed by atoms with van der Waals surface area (Å²) in [5, 5.41) is 4.56. The Morgan fingerprint density at radius 3 is 3.20 bits per heavy atom. The van der Waals surface area contributed by atoms with E-state index < -0.39 is 0 Å². The lowest BCUT2D eigenvalue weighted by Gasteiger charge is -2.22. The Morgan fingerprint density at radius 2 is 2.33 bits per heavy atom. The first kappa shape index (κ1) is 9.27. The lowest BCUT2D eigenvalue weighted by atomic mass is 10.1. The summed E-state index contributed by atoms with van der Waals surface area (Å²) in [7, 11) is 0. The van der Waals surface area contributed by atoms with Crippen molar-refractivity contribution < 1.29 is 4.74 Å². The lowest BCUT2D eigenvalue weighted by Crippen LogP contribution is -2.33. The second-order valence-corrected chi connectivity index (χ2v) is 4.43. The Bertz CT molecular complexity index is 462. The maximum absolute atomic E-state index is 5.71. The molecule has 1 aliphatic rings. The van der Waals surface area contributed by atoms with Gasteiger partial charge < -0.3 is 10.1 Å². The van der Waals surface area contributed by atoms with Gasteiger partial charge in [-0.3, -0.25) is 0 Å². The summed E-state index contributed by atoms with van der Waals surface area (Å²) in [6.45, 7) is 2.59. The van der Waals surface area contributed by atoms with Crippen molar-refractivity contribution in [2.24, 2.45) is 0 Å². The number of nitrogens with one attached hydrogen (secondary N) is 1. The Morgan fingerprint density at radius 1 is 1.40 bits per heavy atom. The summed E-state index contributed by atoms with van der Waals surface area (Å²) >= 11 is 1.55. The van der Waals surface area contributed by atoms with Crippen molar-refractivity contribution in [1.82, 2.24) is 9.69 Å². The third kappa shape index (κ3) is 1.65. The molecule has 0 aliphatic carbocycles. The Labute approximate surface area is 92.2 Å². The maximum atomic E-state index is 5.71. The van der Waals surface area contributed by atoms with E-state index in [1.54, 1.807) is 11.5 Å². The van der Waals surface area contributed by atoms with Gasteiger partial charge in [-0.1, -0.05) is 18.2 Å². The minimum Gasteiger partial charge on any atom is -0.369 e. The predicted molar refractivity (Wildman–Crippen MR) is 61.2 cm³/mol. The van der Waals surface area contributed by atoms with Crippen molar-refractivity contribution >= 4 is 21.6 Å². The normalized spacial score (nSPS) is 22.0. The van der Waals surface area contributed by atoms with Gasteiger partial charge in [0.05, 0.1) is 17.0 Å². The van der Waals surface area contributed by atoms with Gasteiger partial charge in [-0.2, -0.15) is 4.37 Å². The van der Waals surface area contributed by atoms with Gasteiger partial charge in [-0.05, 0) is 17.6 Å². The largest absolute Gasteiger partial charge is 0.369 e. The quantitative estimate of drug-likeness (QED) is 0.797. The zero-order valence-electron chi connectivity index (χ0n) is 8.27. The molecule has 2 aromatic rings. The number of rotatable bonds is 1. The van der Waals surface area contributed by atoms with Crippen LogP contribution in [0.25, 0.3) is 10.1 Å². The van der Waals surface area contributed by atoms with Gasteiger partial charge in [0.2, 0.25) is 0 Å². The SMILES string of the molecule is c1ccc2c(C3CNCCO3)nsc2c1. The molecule has 1 aromatic heterocycles. The second kappa shape index (κ2) is 3.89. The standard InChI is InChI=1S/C11H12N2OS/c1-2-4-10-8(3-1)11(13-15-10)9-7-12-5-6-14-9/h1-4,9,12H,5-7H2. The monoisotopic (exact) mass is 220 g/mol. The fourth-order valence-corrected chi connectivity index (χ4v) is 2.70. The van der Waals surface area contributed by atoms with Gasteiger partial charge in [0.1, 0.15) is 6.10 Å². The molecule has 1 aliphatic heterocycles. The van der Waals surface area contributed by atoms with Crippen LogP contribution >= 0.6 is 11.5 Å². The Hall–Kier alpha value is -0.970. The van der Waals surface area contributed by atoms with Crippen LogP contribution in [0.3, 0.4) is 0 Å². The smallest absolute Gasteiger partial charge is 0.114 e. The molecule has 1 fully saturated rings. The average Bonchev–Trinajstić information content (AvgIpc) is 2.74. The highest BCUT2D eigenvalue weighted by molar-refractivity contribution is 7.13. The summed E-state index contributed by atoms with van der Waals surface area (Å²) in [4.78, 5) is 0. The molecular formula is C11H12N2OS. The first-order chi connectivity index (χ1) is 7.45. The van der Waals surface area contributed by atoms with Crippen molar-refractivity contribution in [2.45, 2.75) is 6.10 Å². The topological polar surface area (TPSA) is 34.1 Å². The van der Waals surface area contributed by atoms with Crippen LogP contribution in [0.5, 0.6) is 0 Å². The molecule has 1 unspecified atom stereocenters. The third-order valence-corrected chi connectivity index (χ3v) is 3.48. The molecule has 1 N–H and O–H groups in total. The fourth-order valence-electron chi connectivity index (χ4n) is 1.88. The number of hydrogen-bond acceptors (Lipinski definition) is 4. The summed E-state index contributed by atoms with van der Waals surface area (Å²) in [6.07, 6.45) is 0.120. The molecule has 3 rings (SSSR count). The zero-order valence-corrected chi connectivity index (χ0v) is 9.09. The first-order valence-electron chi connectivity index (χ1n) is 5.12. The lowest BCUT2D eigenvalue weighted by molar-refractivity contribution is 0.0265. The van der Waals surface area contributed by atoms with Gasteiger partial charge in [0.15, 0.2) is 0 Å². The summed E-state index contributed by atoms with van der Waals surface area (Å²) in [6, 6.07) is 8.32. The van der Waals surface area contributed by atoms with E-state index in [4.69, 9.17) is 4.74 Å². The van der Waals surface area contributed by atoms with E-state index in [1.165, 1.54) is 10.1 Å². The van der Waals surface area contributed by atoms with E-state index in [0.717, 1.165) is 25.4 Å². The third-order valence-electron chi connectivity index (χ3n) is 2.64. The van der Waals surface area contributed by atoms with Crippen molar-refractivity contribution in [1.29, 1.82) is 0 Å². The molecule has 0 saturated carbocycles. The van der Waals surface area contributed by atoms with Crippen LogP contribution in [-0.2, 0) is 4.74 Å². The molecule has 1 atom stereocenters. The molecule has 4 heteroatoms. The molecule has 3 nitrogen and oxygen atoms in total. The average molecular weight is 220 g/mol. The number of fused-ring (bicyclic) bond motifs is 1. The molecular weight excluding hydrogens is 208 g/mol.